The van der Waals surface area contributed by atoms with E-state index in [0.29, 0.717) is 17.8 Å². The fourth-order valence-electron chi connectivity index (χ4n) is 3.47. The number of hydrogen-bond donors (Lipinski definition) is 3. The SMILES string of the molecule is OC1C2CC3C1C(S)C3C2O. The van der Waals surface area contributed by atoms with E-state index in [0.717, 1.165) is 6.42 Å². The van der Waals surface area contributed by atoms with Crippen molar-refractivity contribution in [3.05, 3.63) is 0 Å². The zero-order chi connectivity index (χ0) is 7.75. The maximum Gasteiger partial charge on any atom is 0.0634 e. The second-order valence-electron chi connectivity index (χ2n) is 4.19. The van der Waals surface area contributed by atoms with Gasteiger partial charge in [-0.2, -0.15) is 12.6 Å². The molecule has 0 aromatic carbocycles. The van der Waals surface area contributed by atoms with Crippen LogP contribution in [0.25, 0.3) is 0 Å². The average molecular weight is 172 g/mol. The first-order valence-corrected chi connectivity index (χ1v) is 4.77. The molecule has 3 saturated carbocycles. The van der Waals surface area contributed by atoms with Crippen LogP contribution < -0.4 is 0 Å². The van der Waals surface area contributed by atoms with Crippen LogP contribution in [0.2, 0.25) is 0 Å². The molecule has 0 radical (unpaired) electrons. The minimum atomic E-state index is -0.262. The van der Waals surface area contributed by atoms with E-state index < -0.39 is 0 Å². The molecule has 4 unspecified atom stereocenters. The topological polar surface area (TPSA) is 40.5 Å². The molecule has 3 aliphatic carbocycles. The molecule has 2 bridgehead atoms. The van der Waals surface area contributed by atoms with E-state index in [1.165, 1.54) is 0 Å². The molecule has 62 valence electrons. The average Bonchev–Trinajstić information content (AvgIpc) is 2.35. The van der Waals surface area contributed by atoms with Gasteiger partial charge < -0.3 is 10.2 Å². The first-order valence-electron chi connectivity index (χ1n) is 4.26. The van der Waals surface area contributed by atoms with Crippen LogP contribution in [-0.4, -0.2) is 27.7 Å². The highest BCUT2D eigenvalue weighted by Gasteiger charge is 2.68. The Labute approximate surface area is 71.0 Å². The molecule has 0 saturated heterocycles. The standard InChI is InChI=1S/C8H12O2S/c9-6-3-1-2-4(6)8(11)5(2)7(3)10/h2-11H,1H2. The third kappa shape index (κ3) is 0.534. The van der Waals surface area contributed by atoms with Gasteiger partial charge in [0.1, 0.15) is 0 Å². The third-order valence-electron chi connectivity index (χ3n) is 3.99. The van der Waals surface area contributed by atoms with Crippen molar-refractivity contribution in [3.63, 3.8) is 0 Å². The Morgan fingerprint density at radius 1 is 1.00 bits per heavy atom. The Kier molecular flexibility index (Phi) is 1.09. The maximum absolute atomic E-state index is 9.66. The number of rotatable bonds is 0. The van der Waals surface area contributed by atoms with Gasteiger partial charge in [0.05, 0.1) is 12.2 Å². The van der Waals surface area contributed by atoms with E-state index >= 15 is 0 Å². The van der Waals surface area contributed by atoms with Crippen LogP contribution in [0.1, 0.15) is 6.42 Å². The Hall–Kier alpha value is 0.270. The zero-order valence-electron chi connectivity index (χ0n) is 6.09. The Morgan fingerprint density at radius 3 is 1.91 bits per heavy atom. The van der Waals surface area contributed by atoms with Crippen molar-refractivity contribution in [1.29, 1.82) is 0 Å². The molecular weight excluding hydrogens is 160 g/mol. The van der Waals surface area contributed by atoms with Crippen LogP contribution in [0.5, 0.6) is 0 Å². The lowest BCUT2D eigenvalue weighted by atomic mass is 9.61. The lowest BCUT2D eigenvalue weighted by Gasteiger charge is -2.52. The molecule has 0 aromatic rings. The van der Waals surface area contributed by atoms with Crippen LogP contribution in [0.4, 0.5) is 0 Å². The lowest BCUT2D eigenvalue weighted by molar-refractivity contribution is -0.108. The molecule has 4 atom stereocenters. The third-order valence-corrected chi connectivity index (χ3v) is 4.68. The minimum Gasteiger partial charge on any atom is -0.392 e. The van der Waals surface area contributed by atoms with Gasteiger partial charge in [-0.05, 0) is 12.3 Å². The summed E-state index contributed by atoms with van der Waals surface area (Å²) in [6.45, 7) is 0. The largest absolute Gasteiger partial charge is 0.392 e. The van der Waals surface area contributed by atoms with Crippen molar-refractivity contribution >= 4 is 12.6 Å². The maximum atomic E-state index is 9.66. The summed E-state index contributed by atoms with van der Waals surface area (Å²) in [7, 11) is 0. The summed E-state index contributed by atoms with van der Waals surface area (Å²) >= 11 is 4.39. The van der Waals surface area contributed by atoms with Crippen molar-refractivity contribution in [2.45, 2.75) is 23.9 Å². The normalized spacial score (nSPS) is 71.7. The van der Waals surface area contributed by atoms with Crippen LogP contribution in [-0.2, 0) is 0 Å². The van der Waals surface area contributed by atoms with Gasteiger partial charge in [-0.15, -0.1) is 0 Å². The van der Waals surface area contributed by atoms with Gasteiger partial charge >= 0.3 is 0 Å². The monoisotopic (exact) mass is 172 g/mol. The fraction of sp³-hybridized carbons (Fsp3) is 1.00. The summed E-state index contributed by atoms with van der Waals surface area (Å²) < 4.78 is 0. The number of hydrogen-bond acceptors (Lipinski definition) is 3. The highest BCUT2D eigenvalue weighted by molar-refractivity contribution is 7.81. The van der Waals surface area contributed by atoms with Gasteiger partial charge in [0, 0.05) is 23.0 Å². The van der Waals surface area contributed by atoms with Gasteiger partial charge in [-0.25, -0.2) is 0 Å². The van der Waals surface area contributed by atoms with Gasteiger partial charge in [-0.3, -0.25) is 0 Å². The zero-order valence-corrected chi connectivity index (χ0v) is 6.98. The highest BCUT2D eigenvalue weighted by Crippen LogP contribution is 2.64. The van der Waals surface area contributed by atoms with E-state index in [2.05, 4.69) is 12.6 Å². The second-order valence-corrected chi connectivity index (χ2v) is 4.79. The minimum absolute atomic E-state index is 0.179. The number of aliphatic hydroxyl groups excluding tert-OH is 2. The number of aliphatic hydroxyl groups is 2. The van der Waals surface area contributed by atoms with Gasteiger partial charge in [0.25, 0.3) is 0 Å². The molecule has 0 amide bonds. The Balaban J connectivity index is 1.99. The summed E-state index contributed by atoms with van der Waals surface area (Å²) in [5.41, 5.74) is 0. The van der Waals surface area contributed by atoms with Crippen molar-refractivity contribution in [3.8, 4) is 0 Å². The smallest absolute Gasteiger partial charge is 0.0634 e. The molecular formula is C8H12O2S. The van der Waals surface area contributed by atoms with Crippen LogP contribution in [0, 0.1) is 23.7 Å². The Morgan fingerprint density at radius 2 is 1.55 bits per heavy atom. The van der Waals surface area contributed by atoms with Crippen molar-refractivity contribution < 1.29 is 10.2 Å². The molecule has 0 heterocycles. The summed E-state index contributed by atoms with van der Waals surface area (Å²) in [6.07, 6.45) is 0.513. The second kappa shape index (κ2) is 1.78. The number of thiol groups is 1. The molecule has 0 aliphatic heterocycles. The molecule has 2 nitrogen and oxygen atoms in total. The highest BCUT2D eigenvalue weighted by atomic mass is 32.1. The van der Waals surface area contributed by atoms with E-state index in [9.17, 15) is 10.2 Å². The molecule has 3 rings (SSSR count). The van der Waals surface area contributed by atoms with E-state index in [4.69, 9.17) is 0 Å². The van der Waals surface area contributed by atoms with E-state index in [-0.39, 0.29) is 23.4 Å². The predicted octanol–water partition coefficient (Wildman–Crippen LogP) is -0.0977. The van der Waals surface area contributed by atoms with Gasteiger partial charge in [0.2, 0.25) is 0 Å². The first kappa shape index (κ1) is 6.75. The fourth-order valence-corrected chi connectivity index (χ4v) is 4.26. The quantitative estimate of drug-likeness (QED) is 0.447. The molecule has 0 spiro atoms. The molecule has 3 aliphatic rings. The van der Waals surface area contributed by atoms with E-state index in [1.54, 1.807) is 0 Å². The van der Waals surface area contributed by atoms with Crippen molar-refractivity contribution in [1.82, 2.24) is 0 Å². The summed E-state index contributed by atoms with van der Waals surface area (Å²) in [6, 6.07) is 0. The Bertz CT molecular complexity index is 177. The summed E-state index contributed by atoms with van der Waals surface area (Å²) in [5, 5.41) is 19.6. The predicted molar refractivity (Wildman–Crippen MR) is 43.4 cm³/mol. The summed E-state index contributed by atoms with van der Waals surface area (Å²) in [5.74, 6) is 1.57. The van der Waals surface area contributed by atoms with Crippen LogP contribution in [0.15, 0.2) is 0 Å². The van der Waals surface area contributed by atoms with Crippen LogP contribution >= 0.6 is 12.6 Å². The molecule has 3 fully saturated rings. The van der Waals surface area contributed by atoms with Crippen LogP contribution in [0.3, 0.4) is 0 Å². The molecule has 3 heteroatoms. The number of fused-ring (bicyclic) bond motifs is 1. The summed E-state index contributed by atoms with van der Waals surface area (Å²) in [4.78, 5) is 0. The first-order chi connectivity index (χ1) is 5.22. The lowest BCUT2D eigenvalue weighted by Crippen LogP contribution is -2.59. The van der Waals surface area contributed by atoms with Gasteiger partial charge in [-0.1, -0.05) is 0 Å². The molecule has 2 N–H and O–H groups in total. The van der Waals surface area contributed by atoms with Gasteiger partial charge in [0.15, 0.2) is 0 Å². The van der Waals surface area contributed by atoms with E-state index in [1.807, 2.05) is 0 Å². The van der Waals surface area contributed by atoms with Crippen molar-refractivity contribution in [2.24, 2.45) is 23.7 Å². The molecule has 0 aromatic heterocycles. The molecule has 11 heavy (non-hydrogen) atoms. The van der Waals surface area contributed by atoms with Crippen molar-refractivity contribution in [2.75, 3.05) is 0 Å².